The first kappa shape index (κ1) is 26.8. The van der Waals surface area contributed by atoms with Crippen molar-refractivity contribution in [2.24, 2.45) is 4.99 Å². The topological polar surface area (TPSA) is 80.7 Å². The maximum Gasteiger partial charge on any atom is 0.266 e. The molecule has 2 saturated heterocycles. The van der Waals surface area contributed by atoms with E-state index in [1.807, 2.05) is 43.3 Å². The summed E-state index contributed by atoms with van der Waals surface area (Å²) in [6.45, 7) is 7.46. The van der Waals surface area contributed by atoms with Gasteiger partial charge in [-0.05, 0) is 67.1 Å². The van der Waals surface area contributed by atoms with Gasteiger partial charge < -0.3 is 19.1 Å². The third kappa shape index (κ3) is 6.72. The first-order chi connectivity index (χ1) is 18.0. The Hall–Kier alpha value is -3.30. The second-order valence-electron chi connectivity index (χ2n) is 8.67. The van der Waals surface area contributed by atoms with Crippen molar-refractivity contribution < 1.29 is 23.8 Å². The Morgan fingerprint density at radius 3 is 2.68 bits per heavy atom. The molecule has 0 aliphatic carbocycles. The Kier molecular flexibility index (Phi) is 9.24. The predicted octanol–water partition coefficient (Wildman–Crippen LogP) is 4.97. The molecule has 37 heavy (non-hydrogen) atoms. The van der Waals surface area contributed by atoms with Gasteiger partial charge >= 0.3 is 0 Å². The molecule has 0 radical (unpaired) electrons. The van der Waals surface area contributed by atoms with Crippen molar-refractivity contribution in [2.45, 2.75) is 26.7 Å². The van der Waals surface area contributed by atoms with Crippen LogP contribution < -0.4 is 9.47 Å². The lowest BCUT2D eigenvalue weighted by Gasteiger charge is -2.26. The van der Waals surface area contributed by atoms with Crippen molar-refractivity contribution in [1.29, 1.82) is 0 Å². The number of amides is 2. The molecule has 0 spiro atoms. The number of nitrogens with zero attached hydrogens (tertiary/aromatic N) is 3. The molecule has 0 bridgehead atoms. The number of morpholine rings is 1. The van der Waals surface area contributed by atoms with Crippen LogP contribution in [0.1, 0.15) is 42.6 Å². The zero-order chi connectivity index (χ0) is 26.2. The Morgan fingerprint density at radius 2 is 1.92 bits per heavy atom. The number of thioether (sulfide) groups is 1. The molecule has 4 rings (SSSR count). The van der Waals surface area contributed by atoms with Crippen LogP contribution in [-0.4, -0.2) is 73.3 Å². The van der Waals surface area contributed by atoms with Crippen molar-refractivity contribution >= 4 is 40.5 Å². The van der Waals surface area contributed by atoms with E-state index in [0.717, 1.165) is 18.4 Å². The smallest absolute Gasteiger partial charge is 0.266 e. The highest BCUT2D eigenvalue weighted by Gasteiger charge is 2.30. The van der Waals surface area contributed by atoms with E-state index in [4.69, 9.17) is 14.2 Å². The van der Waals surface area contributed by atoms with Crippen LogP contribution in [0.15, 0.2) is 52.4 Å². The van der Waals surface area contributed by atoms with Gasteiger partial charge in [0.1, 0.15) is 0 Å². The van der Waals surface area contributed by atoms with Gasteiger partial charge in [-0.15, -0.1) is 0 Å². The van der Waals surface area contributed by atoms with Gasteiger partial charge in [0.05, 0.1) is 37.0 Å². The average Bonchev–Trinajstić information content (AvgIpc) is 3.18. The summed E-state index contributed by atoms with van der Waals surface area (Å²) in [6.07, 6.45) is 3.86. The number of amidine groups is 1. The maximum absolute atomic E-state index is 13.0. The number of benzene rings is 2. The van der Waals surface area contributed by atoms with E-state index in [0.29, 0.717) is 72.3 Å². The Labute approximate surface area is 222 Å². The largest absolute Gasteiger partial charge is 0.490 e. The van der Waals surface area contributed by atoms with E-state index in [1.54, 1.807) is 24.1 Å². The zero-order valence-electron chi connectivity index (χ0n) is 21.6. The van der Waals surface area contributed by atoms with Crippen molar-refractivity contribution in [3.63, 3.8) is 0 Å². The highest BCUT2D eigenvalue weighted by atomic mass is 32.2. The van der Waals surface area contributed by atoms with Crippen LogP contribution in [0.2, 0.25) is 0 Å². The Morgan fingerprint density at radius 1 is 1.11 bits per heavy atom. The molecule has 2 heterocycles. The van der Waals surface area contributed by atoms with Gasteiger partial charge in [0, 0.05) is 25.7 Å². The van der Waals surface area contributed by atoms with E-state index in [1.165, 1.54) is 16.7 Å². The molecule has 0 saturated carbocycles. The second kappa shape index (κ2) is 12.8. The minimum atomic E-state index is -0.134. The van der Waals surface area contributed by atoms with Crippen molar-refractivity contribution in [3.05, 3.63) is 58.5 Å². The van der Waals surface area contributed by atoms with Crippen LogP contribution in [0.5, 0.6) is 11.5 Å². The first-order valence-electron chi connectivity index (χ1n) is 12.6. The van der Waals surface area contributed by atoms with Gasteiger partial charge in [0.15, 0.2) is 16.7 Å². The van der Waals surface area contributed by atoms with Gasteiger partial charge in [-0.3, -0.25) is 14.5 Å². The van der Waals surface area contributed by atoms with Crippen LogP contribution in [-0.2, 0) is 9.53 Å². The van der Waals surface area contributed by atoms with E-state index >= 15 is 0 Å². The van der Waals surface area contributed by atoms with Crippen LogP contribution in [0.3, 0.4) is 0 Å². The van der Waals surface area contributed by atoms with Gasteiger partial charge in [-0.25, -0.2) is 4.99 Å². The highest BCUT2D eigenvalue weighted by molar-refractivity contribution is 8.18. The summed E-state index contributed by atoms with van der Waals surface area (Å²) in [5, 5.41) is 0.553. The molecule has 8 nitrogen and oxygen atoms in total. The Bertz CT molecular complexity index is 1190. The fraction of sp³-hybridized carbons (Fsp3) is 0.393. The number of carbonyl (C=O) groups excluding carboxylic acids is 2. The lowest BCUT2D eigenvalue weighted by atomic mass is 10.1. The quantitative estimate of drug-likeness (QED) is 0.341. The number of hydrogen-bond donors (Lipinski definition) is 0. The fourth-order valence-corrected chi connectivity index (χ4v) is 4.89. The van der Waals surface area contributed by atoms with Crippen molar-refractivity contribution in [2.75, 3.05) is 46.6 Å². The van der Waals surface area contributed by atoms with Crippen LogP contribution in [0.4, 0.5) is 5.69 Å². The van der Waals surface area contributed by atoms with Gasteiger partial charge in [-0.1, -0.05) is 25.5 Å². The number of aliphatic imine (C=N–C) groups is 1. The van der Waals surface area contributed by atoms with Crippen molar-refractivity contribution in [3.8, 4) is 11.5 Å². The van der Waals surface area contributed by atoms with Gasteiger partial charge in [0.2, 0.25) is 0 Å². The molecule has 9 heteroatoms. The van der Waals surface area contributed by atoms with E-state index < -0.39 is 0 Å². The number of ether oxygens (including phenoxy) is 3. The molecule has 2 aromatic carbocycles. The summed E-state index contributed by atoms with van der Waals surface area (Å²) in [4.78, 5) is 34.4. The summed E-state index contributed by atoms with van der Waals surface area (Å²) in [5.41, 5.74) is 2.03. The van der Waals surface area contributed by atoms with Crippen LogP contribution in [0.25, 0.3) is 6.08 Å². The number of carbonyl (C=O) groups is 2. The minimum absolute atomic E-state index is 0.0401. The van der Waals surface area contributed by atoms with E-state index in [-0.39, 0.29) is 11.8 Å². The average molecular weight is 524 g/mol. The summed E-state index contributed by atoms with van der Waals surface area (Å²) in [5.74, 6) is 1.19. The minimum Gasteiger partial charge on any atom is -0.490 e. The molecule has 2 fully saturated rings. The molecule has 2 aliphatic rings. The molecule has 0 unspecified atom stereocenters. The molecule has 2 aliphatic heterocycles. The van der Waals surface area contributed by atoms with Gasteiger partial charge in [0.25, 0.3) is 11.8 Å². The maximum atomic E-state index is 13.0. The van der Waals surface area contributed by atoms with Crippen LogP contribution in [0, 0.1) is 0 Å². The summed E-state index contributed by atoms with van der Waals surface area (Å²) >= 11 is 1.30. The molecule has 0 N–H and O–H groups in total. The summed E-state index contributed by atoms with van der Waals surface area (Å²) in [6, 6.07) is 12.9. The number of likely N-dealkylation sites (N-methyl/N-ethyl adjacent to an activating group) is 1. The molecule has 196 valence electrons. The first-order valence-corrected chi connectivity index (χ1v) is 13.4. The zero-order valence-corrected chi connectivity index (χ0v) is 22.4. The van der Waals surface area contributed by atoms with Crippen molar-refractivity contribution in [1.82, 2.24) is 9.80 Å². The molecule has 0 atom stereocenters. The molecular weight excluding hydrogens is 490 g/mol. The third-order valence-electron chi connectivity index (χ3n) is 5.94. The van der Waals surface area contributed by atoms with Gasteiger partial charge in [-0.2, -0.15) is 0 Å². The molecule has 2 amide bonds. The normalized spacial score (nSPS) is 18.1. The summed E-state index contributed by atoms with van der Waals surface area (Å²) in [7, 11) is 1.70. The lowest BCUT2D eigenvalue weighted by Crippen LogP contribution is -2.40. The monoisotopic (exact) mass is 523 g/mol. The number of rotatable bonds is 9. The summed E-state index contributed by atoms with van der Waals surface area (Å²) < 4.78 is 17.0. The number of hydrogen-bond acceptors (Lipinski definition) is 7. The SMILES string of the molecule is CCCCOc1ccc(/C=C2/SC(=Nc3cccc(C(=O)N4CCOCC4)c3)N(C)C2=O)cc1OCC. The standard InChI is InChI=1S/C28H33N3O5S/c1-4-6-14-36-23-11-10-20(17-24(23)35-5-2)18-25-27(33)30(3)28(37-25)29-22-9-7-8-21(19-22)26(32)31-12-15-34-16-13-31/h7-11,17-19H,4-6,12-16H2,1-3H3/b25-18+,29-28?. The lowest BCUT2D eigenvalue weighted by molar-refractivity contribution is -0.121. The molecule has 2 aromatic rings. The van der Waals surface area contributed by atoms with Crippen LogP contribution >= 0.6 is 11.8 Å². The Balaban J connectivity index is 1.52. The predicted molar refractivity (Wildman–Crippen MR) is 147 cm³/mol. The number of unbranched alkanes of at least 4 members (excludes halogenated alkanes) is 1. The van der Waals surface area contributed by atoms with E-state index in [2.05, 4.69) is 11.9 Å². The second-order valence-corrected chi connectivity index (χ2v) is 9.67. The van der Waals surface area contributed by atoms with E-state index in [9.17, 15) is 9.59 Å². The highest BCUT2D eigenvalue weighted by Crippen LogP contribution is 2.35. The fourth-order valence-electron chi connectivity index (χ4n) is 3.90. The molecular formula is C28H33N3O5S. The third-order valence-corrected chi connectivity index (χ3v) is 7.00. The molecule has 0 aromatic heterocycles.